The number of hydrogen-bond acceptors (Lipinski definition) is 5. The van der Waals surface area contributed by atoms with E-state index in [-0.39, 0.29) is 24.1 Å². The third-order valence-corrected chi connectivity index (χ3v) is 5.94. The maximum Gasteiger partial charge on any atom is 0.231 e. The van der Waals surface area contributed by atoms with Gasteiger partial charge in [0.05, 0.1) is 5.92 Å². The Hall–Kier alpha value is -3.13. The molecule has 0 unspecified atom stereocenters. The molecule has 2 aromatic carbocycles. The number of nitrogens with zero attached hydrogens (tertiary/aromatic N) is 3. The number of aryl methyl sites for hydroxylation is 2. The molecule has 0 aliphatic carbocycles. The van der Waals surface area contributed by atoms with Crippen LogP contribution in [0.2, 0.25) is 0 Å². The Kier molecular flexibility index (Phi) is 6.13. The highest BCUT2D eigenvalue weighted by atomic mass is 32.1. The highest BCUT2D eigenvalue weighted by molar-refractivity contribution is 7.15. The summed E-state index contributed by atoms with van der Waals surface area (Å²) in [6.07, 6.45) is 1.77. The molecule has 2 amide bonds. The minimum absolute atomic E-state index is 0.0831. The molecular weight excluding hydrogens is 403 g/mol. The zero-order valence-corrected chi connectivity index (χ0v) is 17.1. The summed E-state index contributed by atoms with van der Waals surface area (Å²) in [5, 5.41) is 12.3. The first-order chi connectivity index (χ1) is 14.6. The van der Waals surface area contributed by atoms with Gasteiger partial charge in [0.1, 0.15) is 10.8 Å². The third kappa shape index (κ3) is 5.07. The van der Waals surface area contributed by atoms with Crippen LogP contribution in [0.4, 0.5) is 9.52 Å². The summed E-state index contributed by atoms with van der Waals surface area (Å²) in [7, 11) is 0. The van der Waals surface area contributed by atoms with Crippen molar-refractivity contribution in [3.05, 3.63) is 76.5 Å². The molecule has 1 aliphatic rings. The number of amides is 2. The van der Waals surface area contributed by atoms with Gasteiger partial charge in [-0.1, -0.05) is 53.8 Å². The van der Waals surface area contributed by atoms with E-state index in [2.05, 4.69) is 27.6 Å². The molecule has 0 radical (unpaired) electrons. The second-order valence-corrected chi connectivity index (χ2v) is 8.34. The molecule has 1 N–H and O–H groups in total. The smallest absolute Gasteiger partial charge is 0.231 e. The molecule has 3 aromatic rings. The summed E-state index contributed by atoms with van der Waals surface area (Å²) in [6, 6.07) is 16.2. The van der Waals surface area contributed by atoms with Gasteiger partial charge < -0.3 is 10.2 Å². The Morgan fingerprint density at radius 1 is 1.07 bits per heavy atom. The third-order valence-electron chi connectivity index (χ3n) is 5.04. The summed E-state index contributed by atoms with van der Waals surface area (Å²) in [5.74, 6) is -1.06. The molecule has 0 saturated carbocycles. The fourth-order valence-electron chi connectivity index (χ4n) is 3.42. The lowest BCUT2D eigenvalue weighted by Crippen LogP contribution is -2.28. The van der Waals surface area contributed by atoms with E-state index in [9.17, 15) is 14.0 Å². The molecule has 1 aliphatic heterocycles. The number of likely N-dealkylation sites (tertiary alicyclic amines) is 1. The van der Waals surface area contributed by atoms with Crippen molar-refractivity contribution in [3.63, 3.8) is 0 Å². The fourth-order valence-corrected chi connectivity index (χ4v) is 4.16. The molecule has 1 fully saturated rings. The van der Waals surface area contributed by atoms with E-state index in [1.165, 1.54) is 29.0 Å². The summed E-state index contributed by atoms with van der Waals surface area (Å²) < 4.78 is 13.0. The van der Waals surface area contributed by atoms with Crippen molar-refractivity contribution in [3.8, 4) is 0 Å². The second-order valence-electron chi connectivity index (χ2n) is 7.28. The average Bonchev–Trinajstić information content (AvgIpc) is 3.35. The van der Waals surface area contributed by atoms with Crippen LogP contribution in [0.5, 0.6) is 0 Å². The minimum atomic E-state index is -0.436. The molecule has 1 saturated heterocycles. The first kappa shape index (κ1) is 20.2. The van der Waals surface area contributed by atoms with Gasteiger partial charge in [-0.2, -0.15) is 0 Å². The van der Waals surface area contributed by atoms with Crippen LogP contribution in [-0.4, -0.2) is 33.5 Å². The predicted molar refractivity (Wildman–Crippen MR) is 112 cm³/mol. The highest BCUT2D eigenvalue weighted by Crippen LogP contribution is 2.23. The molecule has 8 heteroatoms. The lowest BCUT2D eigenvalue weighted by Gasteiger charge is -2.16. The zero-order chi connectivity index (χ0) is 20.9. The van der Waals surface area contributed by atoms with Gasteiger partial charge in [0.25, 0.3) is 0 Å². The van der Waals surface area contributed by atoms with Crippen LogP contribution in [0.1, 0.15) is 22.6 Å². The van der Waals surface area contributed by atoms with Crippen molar-refractivity contribution < 1.29 is 14.0 Å². The summed E-state index contributed by atoms with van der Waals surface area (Å²) in [4.78, 5) is 26.5. The summed E-state index contributed by atoms with van der Waals surface area (Å²) >= 11 is 1.36. The number of halogens is 1. The molecular formula is C22H21FN4O2S. The molecule has 6 nitrogen and oxygen atoms in total. The SMILES string of the molecule is O=C(Nc1nnc(CCc2ccccc2)s1)[C@@H]1CC(=O)N(Cc2ccc(F)cc2)C1. The molecule has 30 heavy (non-hydrogen) atoms. The topological polar surface area (TPSA) is 75.2 Å². The standard InChI is InChI=1S/C22H21FN4O2S/c23-18-9-6-16(7-10-18)13-27-14-17(12-20(27)28)21(29)24-22-26-25-19(30-22)11-8-15-4-2-1-3-5-15/h1-7,9-10,17H,8,11-14H2,(H,24,26,29)/t17-/m1/s1. The van der Waals surface area contributed by atoms with Crippen molar-refractivity contribution >= 4 is 28.3 Å². The van der Waals surface area contributed by atoms with Gasteiger partial charge in [0.2, 0.25) is 16.9 Å². The number of hydrogen-bond donors (Lipinski definition) is 1. The Bertz CT molecular complexity index is 1020. The monoisotopic (exact) mass is 424 g/mol. The number of rotatable bonds is 7. The minimum Gasteiger partial charge on any atom is -0.338 e. The Balaban J connectivity index is 1.29. The van der Waals surface area contributed by atoms with Crippen LogP contribution in [0.3, 0.4) is 0 Å². The molecule has 154 valence electrons. The van der Waals surface area contributed by atoms with Gasteiger partial charge in [-0.15, -0.1) is 10.2 Å². The van der Waals surface area contributed by atoms with Gasteiger partial charge in [-0.25, -0.2) is 4.39 Å². The molecule has 0 bridgehead atoms. The largest absolute Gasteiger partial charge is 0.338 e. The van der Waals surface area contributed by atoms with E-state index in [0.29, 0.717) is 18.2 Å². The molecule has 1 atom stereocenters. The zero-order valence-electron chi connectivity index (χ0n) is 16.3. The second kappa shape index (κ2) is 9.13. The van der Waals surface area contributed by atoms with Gasteiger partial charge >= 0.3 is 0 Å². The molecule has 4 rings (SSSR count). The normalized spacial score (nSPS) is 16.1. The van der Waals surface area contributed by atoms with E-state index in [1.54, 1.807) is 17.0 Å². The summed E-state index contributed by atoms with van der Waals surface area (Å²) in [5.41, 5.74) is 2.06. The van der Waals surface area contributed by atoms with Crippen LogP contribution in [0.15, 0.2) is 54.6 Å². The molecule has 2 heterocycles. The lowest BCUT2D eigenvalue weighted by atomic mass is 10.1. The predicted octanol–water partition coefficient (Wildman–Crippen LogP) is 3.45. The Morgan fingerprint density at radius 2 is 1.83 bits per heavy atom. The van der Waals surface area contributed by atoms with Crippen LogP contribution < -0.4 is 5.32 Å². The van der Waals surface area contributed by atoms with Crippen molar-refractivity contribution in [2.24, 2.45) is 5.92 Å². The maximum absolute atomic E-state index is 13.0. The number of anilines is 1. The number of aromatic nitrogens is 2. The average molecular weight is 425 g/mol. The first-order valence-corrected chi connectivity index (χ1v) is 10.6. The van der Waals surface area contributed by atoms with Crippen LogP contribution >= 0.6 is 11.3 Å². The van der Waals surface area contributed by atoms with E-state index in [1.807, 2.05) is 18.2 Å². The van der Waals surface area contributed by atoms with Crippen LogP contribution in [0, 0.1) is 11.7 Å². The number of carbonyl (C=O) groups is 2. The van der Waals surface area contributed by atoms with Crippen molar-refractivity contribution in [1.29, 1.82) is 0 Å². The quantitative estimate of drug-likeness (QED) is 0.630. The van der Waals surface area contributed by atoms with E-state index in [4.69, 9.17) is 0 Å². The van der Waals surface area contributed by atoms with Crippen LogP contribution in [0.25, 0.3) is 0 Å². The summed E-state index contributed by atoms with van der Waals surface area (Å²) in [6.45, 7) is 0.701. The Morgan fingerprint density at radius 3 is 2.60 bits per heavy atom. The van der Waals surface area contributed by atoms with E-state index in [0.717, 1.165) is 23.4 Å². The first-order valence-electron chi connectivity index (χ1n) is 9.76. The van der Waals surface area contributed by atoms with Gasteiger partial charge in [-0.05, 0) is 29.7 Å². The molecule has 1 aromatic heterocycles. The fraction of sp³-hybridized carbons (Fsp3) is 0.273. The number of carbonyl (C=O) groups excluding carboxylic acids is 2. The van der Waals surface area contributed by atoms with Crippen LogP contribution in [-0.2, 0) is 29.0 Å². The van der Waals surface area contributed by atoms with Gasteiger partial charge in [0, 0.05) is 25.9 Å². The number of nitrogens with one attached hydrogen (secondary N) is 1. The van der Waals surface area contributed by atoms with E-state index < -0.39 is 5.92 Å². The van der Waals surface area contributed by atoms with Crippen molar-refractivity contribution in [2.45, 2.75) is 25.8 Å². The number of benzene rings is 2. The highest BCUT2D eigenvalue weighted by Gasteiger charge is 2.34. The van der Waals surface area contributed by atoms with Gasteiger partial charge in [0.15, 0.2) is 0 Å². The van der Waals surface area contributed by atoms with Crippen molar-refractivity contribution in [2.75, 3.05) is 11.9 Å². The molecule has 0 spiro atoms. The lowest BCUT2D eigenvalue weighted by molar-refractivity contribution is -0.128. The Labute approximate surface area is 177 Å². The maximum atomic E-state index is 13.0. The van der Waals surface area contributed by atoms with E-state index >= 15 is 0 Å². The van der Waals surface area contributed by atoms with Gasteiger partial charge in [-0.3, -0.25) is 9.59 Å². The van der Waals surface area contributed by atoms with Crippen molar-refractivity contribution in [1.82, 2.24) is 15.1 Å².